The first-order valence-electron chi connectivity index (χ1n) is 5.97. The number of benzene rings is 2. The third-order valence-corrected chi connectivity index (χ3v) is 2.90. The zero-order valence-electron chi connectivity index (χ0n) is 10.2. The van der Waals surface area contributed by atoms with Gasteiger partial charge >= 0.3 is 0 Å². The number of hydrogen-bond donors (Lipinski definition) is 0. The molecule has 0 unspecified atom stereocenters. The summed E-state index contributed by atoms with van der Waals surface area (Å²) in [6, 6.07) is 20.3. The third kappa shape index (κ3) is 2.05. The molecule has 0 bridgehead atoms. The lowest BCUT2D eigenvalue weighted by atomic mass is 10.2. The number of para-hydroxylation sites is 1. The van der Waals surface area contributed by atoms with Gasteiger partial charge in [-0.1, -0.05) is 29.8 Å². The molecule has 0 aliphatic carbocycles. The number of aromatic nitrogens is 1. The van der Waals surface area contributed by atoms with E-state index in [2.05, 4.69) is 19.1 Å². The van der Waals surface area contributed by atoms with E-state index in [4.69, 9.17) is 4.84 Å². The van der Waals surface area contributed by atoms with E-state index in [1.165, 1.54) is 5.56 Å². The molecule has 0 fully saturated rings. The Balaban J connectivity index is 2.02. The monoisotopic (exact) mass is 236 g/mol. The largest absolute Gasteiger partial charge is 0.265 e. The van der Waals surface area contributed by atoms with Crippen molar-refractivity contribution < 1.29 is 9.57 Å². The van der Waals surface area contributed by atoms with Crippen LogP contribution in [0.15, 0.2) is 66.9 Å². The molecule has 0 radical (unpaired) electrons. The highest BCUT2D eigenvalue weighted by Crippen LogP contribution is 2.12. The van der Waals surface area contributed by atoms with E-state index in [9.17, 15) is 0 Å². The average molecular weight is 236 g/mol. The van der Waals surface area contributed by atoms with Gasteiger partial charge in [0.2, 0.25) is 11.9 Å². The van der Waals surface area contributed by atoms with E-state index in [0.29, 0.717) is 0 Å². The van der Waals surface area contributed by atoms with E-state index in [-0.39, 0.29) is 0 Å². The summed E-state index contributed by atoms with van der Waals surface area (Å²) in [6.07, 6.45) is 1.92. The van der Waals surface area contributed by atoms with Gasteiger partial charge in [0.05, 0.1) is 5.39 Å². The van der Waals surface area contributed by atoms with E-state index >= 15 is 0 Å². The summed E-state index contributed by atoms with van der Waals surface area (Å²) in [5.74, 6) is 0.835. The molecule has 0 amide bonds. The molecule has 1 heterocycles. The molecule has 3 aromatic rings. The van der Waals surface area contributed by atoms with Crippen molar-refractivity contribution in [1.82, 2.24) is 0 Å². The predicted octanol–water partition coefficient (Wildman–Crippen LogP) is 3.28. The quantitative estimate of drug-likeness (QED) is 0.622. The van der Waals surface area contributed by atoms with Crippen molar-refractivity contribution in [3.8, 4) is 5.75 Å². The van der Waals surface area contributed by atoms with Crippen LogP contribution in [-0.2, 0) is 0 Å². The molecular formula is C16H14NO+. The smallest absolute Gasteiger partial charge is 0.231 e. The summed E-state index contributed by atoms with van der Waals surface area (Å²) in [7, 11) is 0. The molecule has 0 saturated heterocycles. The Labute approximate surface area is 106 Å². The van der Waals surface area contributed by atoms with Crippen LogP contribution in [0.1, 0.15) is 5.56 Å². The minimum atomic E-state index is 0.835. The van der Waals surface area contributed by atoms with E-state index in [1.54, 1.807) is 4.73 Å². The zero-order chi connectivity index (χ0) is 12.4. The molecule has 18 heavy (non-hydrogen) atoms. The van der Waals surface area contributed by atoms with Crippen LogP contribution in [0, 0.1) is 6.92 Å². The van der Waals surface area contributed by atoms with Crippen molar-refractivity contribution in [1.29, 1.82) is 0 Å². The van der Waals surface area contributed by atoms with Crippen LogP contribution in [0.4, 0.5) is 0 Å². The lowest BCUT2D eigenvalue weighted by Gasteiger charge is -2.01. The Kier molecular flexibility index (Phi) is 2.69. The van der Waals surface area contributed by atoms with Crippen LogP contribution in [0.25, 0.3) is 10.9 Å². The molecule has 0 aliphatic heterocycles. The minimum absolute atomic E-state index is 0.835. The van der Waals surface area contributed by atoms with Crippen molar-refractivity contribution >= 4 is 10.9 Å². The Morgan fingerprint density at radius 3 is 2.39 bits per heavy atom. The fourth-order valence-electron chi connectivity index (χ4n) is 1.93. The summed E-state index contributed by atoms with van der Waals surface area (Å²) in [5.41, 5.74) is 2.28. The highest BCUT2D eigenvalue weighted by atomic mass is 16.7. The van der Waals surface area contributed by atoms with Gasteiger partial charge < -0.3 is 0 Å². The second-order valence-corrected chi connectivity index (χ2v) is 4.30. The number of hydrogen-bond acceptors (Lipinski definition) is 1. The van der Waals surface area contributed by atoms with Gasteiger partial charge in [0, 0.05) is 16.9 Å². The Morgan fingerprint density at radius 2 is 1.56 bits per heavy atom. The average Bonchev–Trinajstić information content (AvgIpc) is 2.42. The summed E-state index contributed by atoms with van der Waals surface area (Å²) < 4.78 is 1.79. The summed E-state index contributed by atoms with van der Waals surface area (Å²) in [5, 5.41) is 1.16. The summed E-state index contributed by atoms with van der Waals surface area (Å²) in [6.45, 7) is 2.06. The van der Waals surface area contributed by atoms with Crippen LogP contribution in [-0.4, -0.2) is 0 Å². The molecule has 2 heteroatoms. The van der Waals surface area contributed by atoms with Gasteiger partial charge in [-0.2, -0.15) is 0 Å². The van der Waals surface area contributed by atoms with Gasteiger partial charge in [-0.15, -0.1) is 0 Å². The lowest BCUT2D eigenvalue weighted by molar-refractivity contribution is -0.854. The van der Waals surface area contributed by atoms with Gasteiger partial charge in [0.1, 0.15) is 0 Å². The number of nitrogens with zero attached hydrogens (tertiary/aromatic N) is 1. The molecule has 0 saturated carbocycles. The highest BCUT2D eigenvalue weighted by Gasteiger charge is 2.10. The Morgan fingerprint density at radius 1 is 0.833 bits per heavy atom. The van der Waals surface area contributed by atoms with Crippen molar-refractivity contribution in [2.24, 2.45) is 0 Å². The van der Waals surface area contributed by atoms with Crippen LogP contribution < -0.4 is 9.57 Å². The Hall–Kier alpha value is -2.35. The third-order valence-electron chi connectivity index (χ3n) is 2.90. The fourth-order valence-corrected chi connectivity index (χ4v) is 1.93. The van der Waals surface area contributed by atoms with Crippen molar-refractivity contribution in [3.63, 3.8) is 0 Å². The van der Waals surface area contributed by atoms with Crippen molar-refractivity contribution in [2.75, 3.05) is 0 Å². The van der Waals surface area contributed by atoms with Gasteiger partial charge in [-0.05, 0) is 31.2 Å². The maximum Gasteiger partial charge on any atom is 0.265 e. The van der Waals surface area contributed by atoms with E-state index in [0.717, 1.165) is 16.7 Å². The fraction of sp³-hybridized carbons (Fsp3) is 0.0625. The standard InChI is InChI=1S/C16H14NO/c1-13-8-10-15(11-9-13)18-17-12-4-6-14-5-2-3-7-16(14)17/h2-12H,1H3/q+1. The van der Waals surface area contributed by atoms with Crippen LogP contribution in [0.3, 0.4) is 0 Å². The molecule has 0 spiro atoms. The number of fused-ring (bicyclic) bond motifs is 1. The topological polar surface area (TPSA) is 13.1 Å². The van der Waals surface area contributed by atoms with Crippen molar-refractivity contribution in [3.05, 3.63) is 72.4 Å². The van der Waals surface area contributed by atoms with Crippen molar-refractivity contribution in [2.45, 2.75) is 6.92 Å². The second kappa shape index (κ2) is 4.49. The molecule has 0 atom stereocenters. The molecule has 2 nitrogen and oxygen atoms in total. The Bertz CT molecular complexity index is 669. The number of aryl methyl sites for hydroxylation is 1. The number of rotatable bonds is 2. The molecule has 1 aromatic heterocycles. The minimum Gasteiger partial charge on any atom is -0.231 e. The van der Waals surface area contributed by atoms with Crippen LogP contribution in [0.5, 0.6) is 5.75 Å². The maximum atomic E-state index is 5.86. The predicted molar refractivity (Wildman–Crippen MR) is 71.3 cm³/mol. The summed E-state index contributed by atoms with van der Waals surface area (Å²) >= 11 is 0. The second-order valence-electron chi connectivity index (χ2n) is 4.30. The summed E-state index contributed by atoms with van der Waals surface area (Å²) in [4.78, 5) is 5.86. The van der Waals surface area contributed by atoms with E-state index in [1.807, 2.05) is 54.7 Å². The SMILES string of the molecule is Cc1ccc(O[n+]2cccc3ccccc32)cc1. The molecule has 0 aliphatic rings. The molecule has 3 rings (SSSR count). The van der Waals surface area contributed by atoms with Gasteiger partial charge in [-0.25, -0.2) is 4.84 Å². The van der Waals surface area contributed by atoms with E-state index < -0.39 is 0 Å². The maximum absolute atomic E-state index is 5.86. The molecule has 2 aromatic carbocycles. The molecule has 88 valence electrons. The normalized spacial score (nSPS) is 10.5. The first-order chi connectivity index (χ1) is 8.83. The highest BCUT2D eigenvalue weighted by molar-refractivity contribution is 5.74. The zero-order valence-corrected chi connectivity index (χ0v) is 10.2. The number of pyridine rings is 1. The first-order valence-corrected chi connectivity index (χ1v) is 5.97. The lowest BCUT2D eigenvalue weighted by Crippen LogP contribution is -2.39. The van der Waals surface area contributed by atoms with Crippen LogP contribution in [0.2, 0.25) is 0 Å². The van der Waals surface area contributed by atoms with Gasteiger partial charge in [0.15, 0.2) is 0 Å². The van der Waals surface area contributed by atoms with Gasteiger partial charge in [0.25, 0.3) is 5.52 Å². The first kappa shape index (κ1) is 10.8. The molecule has 0 N–H and O–H groups in total. The molecular weight excluding hydrogens is 222 g/mol. The van der Waals surface area contributed by atoms with Crippen LogP contribution >= 0.6 is 0 Å². The van der Waals surface area contributed by atoms with Gasteiger partial charge in [-0.3, -0.25) is 0 Å².